The second kappa shape index (κ2) is 12.4. The van der Waals surface area contributed by atoms with E-state index in [2.05, 4.69) is 13.2 Å². The lowest BCUT2D eigenvalue weighted by Gasteiger charge is -2.14. The molecule has 0 aromatic carbocycles. The number of carbonyl (C=O) groups excluding carboxylic acids is 2. The van der Waals surface area contributed by atoms with Crippen molar-refractivity contribution in [3.63, 3.8) is 0 Å². The fourth-order valence-corrected chi connectivity index (χ4v) is 3.13. The predicted molar refractivity (Wildman–Crippen MR) is 129 cm³/mol. The van der Waals surface area contributed by atoms with Gasteiger partial charge in [-0.1, -0.05) is 13.2 Å². The zero-order valence-electron chi connectivity index (χ0n) is 20.5. The Balaban J connectivity index is 2.16. The Morgan fingerprint density at radius 3 is 1.38 bits per heavy atom. The van der Waals surface area contributed by atoms with E-state index >= 15 is 0 Å². The molecule has 0 fully saturated rings. The third kappa shape index (κ3) is 7.19. The lowest BCUT2D eigenvalue weighted by atomic mass is 10.3. The molecule has 0 spiro atoms. The molecule has 0 bridgehead atoms. The summed E-state index contributed by atoms with van der Waals surface area (Å²) in [6.45, 7) is 8.30. The standard InChI is InChI=1S/C23H28N4O10/c1-14(2)20(32)36-10-8-26-18(30)12-16(28)24(22(26)34)6-5-7-25-17(29)13-19(31)27(23(25)35)9-11-37-21(33)15(3)4/h12-13,28-29H,1,3,5-11H2,2,4H3. The Morgan fingerprint density at radius 2 is 1.05 bits per heavy atom. The minimum atomic E-state index is -0.878. The molecule has 0 saturated carbocycles. The van der Waals surface area contributed by atoms with Crippen molar-refractivity contribution in [2.45, 2.75) is 46.4 Å². The monoisotopic (exact) mass is 520 g/mol. The molecule has 0 unspecified atom stereocenters. The van der Waals surface area contributed by atoms with E-state index in [1.165, 1.54) is 13.8 Å². The number of ether oxygens (including phenoxy) is 2. The molecule has 0 aliphatic carbocycles. The van der Waals surface area contributed by atoms with Gasteiger partial charge >= 0.3 is 23.3 Å². The van der Waals surface area contributed by atoms with E-state index in [0.717, 1.165) is 30.4 Å². The molecule has 2 N–H and O–H groups in total. The third-order valence-electron chi connectivity index (χ3n) is 5.07. The Morgan fingerprint density at radius 1 is 0.703 bits per heavy atom. The summed E-state index contributed by atoms with van der Waals surface area (Å²) in [6.07, 6.45) is 0.0205. The van der Waals surface area contributed by atoms with Gasteiger partial charge in [-0.05, 0) is 20.3 Å². The molecule has 0 radical (unpaired) electrons. The summed E-state index contributed by atoms with van der Waals surface area (Å²) in [5, 5.41) is 20.2. The minimum Gasteiger partial charge on any atom is -0.494 e. The van der Waals surface area contributed by atoms with Crippen molar-refractivity contribution in [1.29, 1.82) is 0 Å². The predicted octanol–water partition coefficient (Wildman–Crippen LogP) is -0.926. The molecule has 2 aromatic rings. The van der Waals surface area contributed by atoms with E-state index in [4.69, 9.17) is 9.47 Å². The van der Waals surface area contributed by atoms with Crippen molar-refractivity contribution >= 4 is 11.9 Å². The fraction of sp³-hybridized carbons (Fsp3) is 0.391. The number of aromatic hydroxyl groups is 2. The van der Waals surface area contributed by atoms with Gasteiger partial charge in [0.2, 0.25) is 11.8 Å². The van der Waals surface area contributed by atoms with E-state index < -0.39 is 46.2 Å². The Bertz CT molecular complexity index is 1350. The zero-order chi connectivity index (χ0) is 27.9. The number of carbonyl (C=O) groups is 2. The number of rotatable bonds is 12. The van der Waals surface area contributed by atoms with Gasteiger partial charge in [0.1, 0.15) is 13.2 Å². The van der Waals surface area contributed by atoms with Crippen molar-refractivity contribution < 1.29 is 29.3 Å². The van der Waals surface area contributed by atoms with Gasteiger partial charge in [-0.3, -0.25) is 27.9 Å². The molecule has 2 aromatic heterocycles. The molecule has 2 rings (SSSR count). The van der Waals surface area contributed by atoms with Crippen LogP contribution in [0.2, 0.25) is 0 Å². The lowest BCUT2D eigenvalue weighted by Crippen LogP contribution is -2.41. The van der Waals surface area contributed by atoms with E-state index in [9.17, 15) is 39.0 Å². The highest BCUT2D eigenvalue weighted by Gasteiger charge is 2.15. The number of hydrogen-bond donors (Lipinski definition) is 2. The quantitative estimate of drug-likeness (QED) is 0.262. The van der Waals surface area contributed by atoms with Crippen LogP contribution in [0.5, 0.6) is 11.8 Å². The summed E-state index contributed by atoms with van der Waals surface area (Å²) in [4.78, 5) is 72.7. The highest BCUT2D eigenvalue weighted by atomic mass is 16.5. The van der Waals surface area contributed by atoms with Crippen LogP contribution in [0.3, 0.4) is 0 Å². The van der Waals surface area contributed by atoms with Crippen molar-refractivity contribution in [3.8, 4) is 11.8 Å². The van der Waals surface area contributed by atoms with Gasteiger partial charge in [0.05, 0.1) is 25.2 Å². The number of aromatic nitrogens is 4. The summed E-state index contributed by atoms with van der Waals surface area (Å²) in [7, 11) is 0. The smallest absolute Gasteiger partial charge is 0.333 e. The molecule has 0 saturated heterocycles. The van der Waals surface area contributed by atoms with Crippen LogP contribution >= 0.6 is 0 Å². The van der Waals surface area contributed by atoms with Gasteiger partial charge in [0, 0.05) is 24.2 Å². The Kier molecular flexibility index (Phi) is 9.57. The molecule has 0 atom stereocenters. The van der Waals surface area contributed by atoms with E-state index in [1.54, 1.807) is 0 Å². The molecule has 14 nitrogen and oxygen atoms in total. The molecule has 14 heteroatoms. The van der Waals surface area contributed by atoms with Crippen LogP contribution in [0, 0.1) is 0 Å². The molecule has 0 amide bonds. The Labute approximate surface area is 209 Å². The number of nitrogens with zero attached hydrogens (tertiary/aromatic N) is 4. The van der Waals surface area contributed by atoms with Crippen molar-refractivity contribution in [1.82, 2.24) is 18.3 Å². The van der Waals surface area contributed by atoms with Crippen LogP contribution in [-0.2, 0) is 45.2 Å². The first-order valence-electron chi connectivity index (χ1n) is 11.1. The summed E-state index contributed by atoms with van der Waals surface area (Å²) >= 11 is 0. The zero-order valence-corrected chi connectivity index (χ0v) is 20.5. The number of hydrogen-bond acceptors (Lipinski definition) is 10. The van der Waals surface area contributed by atoms with Gasteiger partial charge in [0.15, 0.2) is 0 Å². The van der Waals surface area contributed by atoms with Crippen LogP contribution in [0.1, 0.15) is 20.3 Å². The van der Waals surface area contributed by atoms with Crippen LogP contribution in [0.15, 0.2) is 55.6 Å². The van der Waals surface area contributed by atoms with Gasteiger partial charge in [-0.15, -0.1) is 0 Å². The average molecular weight is 520 g/mol. The van der Waals surface area contributed by atoms with Crippen molar-refractivity contribution in [2.24, 2.45) is 0 Å². The molecule has 0 aliphatic heterocycles. The molecular formula is C23H28N4O10. The van der Waals surface area contributed by atoms with Gasteiger partial charge in [-0.2, -0.15) is 0 Å². The largest absolute Gasteiger partial charge is 0.494 e. The minimum absolute atomic E-state index is 0.0205. The second-order valence-corrected chi connectivity index (χ2v) is 8.04. The summed E-state index contributed by atoms with van der Waals surface area (Å²) in [6, 6.07) is 1.64. The summed E-state index contributed by atoms with van der Waals surface area (Å²) in [5.74, 6) is -2.61. The Hall–Kier alpha value is -4.62. The van der Waals surface area contributed by atoms with Crippen LogP contribution in [-0.4, -0.2) is 53.6 Å². The van der Waals surface area contributed by atoms with Crippen molar-refractivity contribution in [2.75, 3.05) is 13.2 Å². The molecular weight excluding hydrogens is 492 g/mol. The van der Waals surface area contributed by atoms with Gasteiger partial charge < -0.3 is 19.7 Å². The third-order valence-corrected chi connectivity index (χ3v) is 5.07. The summed E-state index contributed by atoms with van der Waals surface area (Å²) in [5.41, 5.74) is -3.08. The maximum absolute atomic E-state index is 12.7. The van der Waals surface area contributed by atoms with E-state index in [1.807, 2.05) is 0 Å². The first-order valence-corrected chi connectivity index (χ1v) is 11.1. The first kappa shape index (κ1) is 28.6. The normalized spacial score (nSPS) is 10.6. The number of esters is 2. The van der Waals surface area contributed by atoms with E-state index in [-0.39, 0.29) is 57.0 Å². The van der Waals surface area contributed by atoms with Crippen LogP contribution in [0.4, 0.5) is 0 Å². The molecule has 200 valence electrons. The molecule has 37 heavy (non-hydrogen) atoms. The average Bonchev–Trinajstić information content (AvgIpc) is 2.81. The van der Waals surface area contributed by atoms with E-state index in [0.29, 0.717) is 0 Å². The maximum atomic E-state index is 12.7. The van der Waals surface area contributed by atoms with Crippen LogP contribution < -0.4 is 22.5 Å². The molecule has 0 aliphatic rings. The summed E-state index contributed by atoms with van der Waals surface area (Å²) < 4.78 is 13.1. The lowest BCUT2D eigenvalue weighted by molar-refractivity contribution is -0.140. The SMILES string of the molecule is C=C(C)C(=O)OCCn1c(=O)cc(O)n(CCCn2c(O)cc(=O)n(CCOC(=O)C(=C)C)c2=O)c1=O. The van der Waals surface area contributed by atoms with Crippen molar-refractivity contribution in [3.05, 3.63) is 78.1 Å². The van der Waals surface area contributed by atoms with Crippen LogP contribution in [0.25, 0.3) is 0 Å². The topological polar surface area (TPSA) is 181 Å². The maximum Gasteiger partial charge on any atom is 0.333 e. The highest BCUT2D eigenvalue weighted by Crippen LogP contribution is 2.06. The first-order chi connectivity index (χ1) is 17.3. The van der Waals surface area contributed by atoms with Gasteiger partial charge in [-0.25, -0.2) is 19.2 Å². The second-order valence-electron chi connectivity index (χ2n) is 8.04. The van der Waals surface area contributed by atoms with Gasteiger partial charge in [0.25, 0.3) is 11.1 Å². The molecule has 2 heterocycles. The fourth-order valence-electron chi connectivity index (χ4n) is 3.13. The highest BCUT2D eigenvalue weighted by molar-refractivity contribution is 5.87.